The first-order chi connectivity index (χ1) is 14.9. The number of benzene rings is 2. The fraction of sp³-hybridized carbons (Fsp3) is 0.143. The molecule has 0 atom stereocenters. The topological polar surface area (TPSA) is 139 Å². The fourth-order valence-electron chi connectivity index (χ4n) is 1.38. The first-order valence-corrected chi connectivity index (χ1v) is 10.8. The van der Waals surface area contributed by atoms with Crippen LogP contribution in [0.4, 0.5) is 5.69 Å². The van der Waals surface area contributed by atoms with Crippen molar-refractivity contribution in [2.75, 3.05) is 0 Å². The minimum Gasteiger partial charge on any atom is -0.454 e. The van der Waals surface area contributed by atoms with E-state index in [1.165, 1.54) is 36.4 Å². The molecule has 0 amide bonds. The van der Waals surface area contributed by atoms with E-state index in [1.54, 1.807) is 0 Å². The molecule has 33 heavy (non-hydrogen) atoms. The average molecular weight is 647 g/mol. The Balaban J connectivity index is 0.000000605. The van der Waals surface area contributed by atoms with Crippen LogP contribution in [-0.2, 0) is 0 Å². The smallest absolute Gasteiger partial charge is 0.449 e. The largest absolute Gasteiger partial charge is 0.454 e. The molecule has 0 aliphatic heterocycles. The van der Waals surface area contributed by atoms with Crippen molar-refractivity contribution in [3.05, 3.63) is 81.8 Å². The van der Waals surface area contributed by atoms with Crippen LogP contribution < -0.4 is 4.74 Å². The maximum Gasteiger partial charge on any atom is 0.449 e. The number of non-ortho nitro benzene ring substituents is 1. The van der Waals surface area contributed by atoms with Crippen LogP contribution in [0, 0.1) is 30.3 Å². The molecule has 0 bridgehead atoms. The zero-order chi connectivity index (χ0) is 26.1. The van der Waals surface area contributed by atoms with Crippen LogP contribution in [0.3, 0.4) is 0 Å². The number of rotatable bonds is 3. The van der Waals surface area contributed by atoms with Crippen LogP contribution in [0.15, 0.2) is 36.4 Å². The first-order valence-electron chi connectivity index (χ1n) is 7.35. The van der Waals surface area contributed by atoms with E-state index in [0.29, 0.717) is 10.8 Å². The molecule has 0 radical (unpaired) electrons. The van der Waals surface area contributed by atoms with Gasteiger partial charge in [-0.05, 0) is 93.9 Å². The highest BCUT2D eigenvalue weighted by molar-refractivity contribution is 6.66. The number of ether oxygens (including phenoxy) is 1. The van der Waals surface area contributed by atoms with Gasteiger partial charge in [0.05, 0.1) is 24.8 Å². The SMILES string of the molecule is O=[N+]([O-])C(Cl)(Cl)Cl.O=[N+]([O-])C(Cl)(Cl)Cl.O=[N+]([O-])c1ccc(Oc2c(Cl)cc(Cl)cc2Cl)cc1. The Morgan fingerprint density at radius 2 is 1.03 bits per heavy atom. The van der Waals surface area contributed by atoms with Crippen molar-refractivity contribution in [2.45, 2.75) is 7.83 Å². The van der Waals surface area contributed by atoms with Gasteiger partial charge in [0.1, 0.15) is 5.75 Å². The van der Waals surface area contributed by atoms with Gasteiger partial charge in [0.25, 0.3) is 5.69 Å². The van der Waals surface area contributed by atoms with Crippen molar-refractivity contribution >= 4 is 110 Å². The Morgan fingerprint density at radius 1 is 0.697 bits per heavy atom. The van der Waals surface area contributed by atoms with E-state index in [2.05, 4.69) is 0 Å². The Morgan fingerprint density at radius 3 is 1.30 bits per heavy atom. The third kappa shape index (κ3) is 12.9. The van der Waals surface area contributed by atoms with Gasteiger partial charge in [-0.25, -0.2) is 0 Å². The number of nitrogens with zero attached hydrogens (tertiary/aromatic N) is 3. The minimum absolute atomic E-state index is 0.0272. The van der Waals surface area contributed by atoms with Crippen molar-refractivity contribution in [1.29, 1.82) is 0 Å². The zero-order valence-corrected chi connectivity index (χ0v) is 21.9. The second kappa shape index (κ2) is 13.8. The summed E-state index contributed by atoms with van der Waals surface area (Å²) in [5.74, 6) is 0.637. The molecule has 0 aliphatic rings. The van der Waals surface area contributed by atoms with E-state index < -0.39 is 22.6 Å². The maximum absolute atomic E-state index is 10.5. The highest BCUT2D eigenvalue weighted by Crippen LogP contribution is 2.38. The standard InChI is InChI=1S/C12H6Cl3NO3.2CCl3NO2/c13-7-5-10(14)12(11(15)6-7)19-9-3-1-8(2-4-9)16(17)18;2*2-1(3,4)5(6)7/h1-6H;;. The second-order valence-corrected chi connectivity index (χ2v) is 10.7. The molecule has 0 fully saturated rings. The Labute approximate surface area is 229 Å². The Hall–Kier alpha value is -0.950. The van der Waals surface area contributed by atoms with Gasteiger partial charge >= 0.3 is 7.83 Å². The molecular formula is C14H6Cl9N3O7. The van der Waals surface area contributed by atoms with Crippen molar-refractivity contribution in [1.82, 2.24) is 0 Å². The van der Waals surface area contributed by atoms with E-state index in [4.69, 9.17) is 109 Å². The minimum atomic E-state index is -2.36. The molecule has 0 heterocycles. The van der Waals surface area contributed by atoms with Crippen molar-refractivity contribution in [3.63, 3.8) is 0 Å². The van der Waals surface area contributed by atoms with Gasteiger partial charge in [-0.3, -0.25) is 30.3 Å². The van der Waals surface area contributed by atoms with Crippen LogP contribution in [-0.4, -0.2) is 22.6 Å². The van der Waals surface area contributed by atoms with Crippen LogP contribution in [0.1, 0.15) is 0 Å². The van der Waals surface area contributed by atoms with Crippen molar-refractivity contribution in [2.24, 2.45) is 0 Å². The van der Waals surface area contributed by atoms with Gasteiger partial charge in [0, 0.05) is 17.2 Å². The summed E-state index contributed by atoms with van der Waals surface area (Å²) in [6.45, 7) is 0. The van der Waals surface area contributed by atoms with Crippen LogP contribution in [0.25, 0.3) is 0 Å². The highest BCUT2D eigenvalue weighted by atomic mass is 35.6. The molecule has 182 valence electrons. The summed E-state index contributed by atoms with van der Waals surface area (Å²) in [6, 6.07) is 8.56. The van der Waals surface area contributed by atoms with Gasteiger partial charge in [0.15, 0.2) is 5.75 Å². The maximum atomic E-state index is 10.5. The number of hydrogen-bond acceptors (Lipinski definition) is 7. The van der Waals surface area contributed by atoms with E-state index in [9.17, 15) is 30.3 Å². The first kappa shape index (κ1) is 32.0. The van der Waals surface area contributed by atoms with Gasteiger partial charge in [-0.2, -0.15) is 0 Å². The van der Waals surface area contributed by atoms with Gasteiger partial charge < -0.3 is 4.74 Å². The third-order valence-corrected chi connectivity index (χ3v) is 4.25. The number of hydrogen-bond donors (Lipinski definition) is 0. The third-order valence-electron chi connectivity index (χ3n) is 2.64. The molecule has 0 aliphatic carbocycles. The molecule has 2 aromatic carbocycles. The molecule has 10 nitrogen and oxygen atoms in total. The molecule has 0 saturated heterocycles. The number of nitro groups is 3. The average Bonchev–Trinajstić information content (AvgIpc) is 2.64. The van der Waals surface area contributed by atoms with Crippen LogP contribution in [0.2, 0.25) is 15.1 Å². The monoisotopic (exact) mass is 643 g/mol. The summed E-state index contributed by atoms with van der Waals surface area (Å²) in [5, 5.41) is 30.3. The molecule has 19 heteroatoms. The zero-order valence-electron chi connectivity index (χ0n) is 15.1. The normalized spacial score (nSPS) is 10.7. The summed E-state index contributed by atoms with van der Waals surface area (Å²) >= 11 is 45.9. The molecule has 2 rings (SSSR count). The lowest BCUT2D eigenvalue weighted by atomic mass is 10.3. The highest BCUT2D eigenvalue weighted by Gasteiger charge is 2.34. The molecular weight excluding hydrogens is 641 g/mol. The quantitative estimate of drug-likeness (QED) is 0.141. The van der Waals surface area contributed by atoms with E-state index >= 15 is 0 Å². The molecule has 0 N–H and O–H groups in total. The van der Waals surface area contributed by atoms with E-state index in [1.807, 2.05) is 0 Å². The Kier molecular flexibility index (Phi) is 13.4. The molecule has 0 unspecified atom stereocenters. The molecule has 2 aromatic rings. The summed E-state index contributed by atoms with van der Waals surface area (Å²) in [7, 11) is 0. The summed E-state index contributed by atoms with van der Waals surface area (Å²) in [6.07, 6.45) is 0. The predicted octanol–water partition coefficient (Wildman–Crippen LogP) is 8.53. The lowest BCUT2D eigenvalue weighted by molar-refractivity contribution is -0.492. The number of alkyl halides is 6. The molecule has 0 spiro atoms. The van der Waals surface area contributed by atoms with Crippen molar-refractivity contribution < 1.29 is 19.5 Å². The number of nitro benzene ring substituents is 1. The number of halogens is 9. The molecule has 0 saturated carbocycles. The lowest BCUT2D eigenvalue weighted by Gasteiger charge is -2.09. The van der Waals surface area contributed by atoms with Crippen molar-refractivity contribution in [3.8, 4) is 11.5 Å². The van der Waals surface area contributed by atoms with E-state index in [0.717, 1.165) is 0 Å². The lowest BCUT2D eigenvalue weighted by Crippen LogP contribution is -2.15. The summed E-state index contributed by atoms with van der Waals surface area (Å²) in [5.41, 5.74) is -0.0272. The second-order valence-electron chi connectivity index (χ2n) is 5.00. The molecule has 0 aromatic heterocycles. The Bertz CT molecular complexity index is 948. The van der Waals surface area contributed by atoms with Crippen LogP contribution >= 0.6 is 104 Å². The predicted molar refractivity (Wildman–Crippen MR) is 129 cm³/mol. The summed E-state index contributed by atoms with van der Waals surface area (Å²) < 4.78 is 0.762. The fourth-order valence-corrected chi connectivity index (χ4v) is 2.27. The van der Waals surface area contributed by atoms with Gasteiger partial charge in [0.2, 0.25) is 0 Å². The van der Waals surface area contributed by atoms with Crippen LogP contribution in [0.5, 0.6) is 11.5 Å². The van der Waals surface area contributed by atoms with Gasteiger partial charge in [-0.1, -0.05) is 34.8 Å². The van der Waals surface area contributed by atoms with E-state index in [-0.39, 0.29) is 21.5 Å². The van der Waals surface area contributed by atoms with Gasteiger partial charge in [-0.15, -0.1) is 0 Å². The summed E-state index contributed by atoms with van der Waals surface area (Å²) in [4.78, 5) is 26.9.